The minimum absolute atomic E-state index is 0.140. The van der Waals surface area contributed by atoms with Crippen LogP contribution in [0.5, 0.6) is 0 Å². The third kappa shape index (κ3) is 5.31. The van der Waals surface area contributed by atoms with E-state index in [1.54, 1.807) is 0 Å². The highest BCUT2D eigenvalue weighted by Gasteiger charge is 2.16. The highest BCUT2D eigenvalue weighted by atomic mass is 16.2. The highest BCUT2D eigenvalue weighted by molar-refractivity contribution is 5.78. The minimum atomic E-state index is 0.140. The normalized spacial score (nSPS) is 14.7. The van der Waals surface area contributed by atoms with E-state index in [0.29, 0.717) is 6.42 Å². The molecule has 142 valence electrons. The van der Waals surface area contributed by atoms with Crippen molar-refractivity contribution < 1.29 is 4.79 Å². The topological polar surface area (TPSA) is 40.9 Å². The van der Waals surface area contributed by atoms with Crippen LogP contribution in [0.1, 0.15) is 44.2 Å². The van der Waals surface area contributed by atoms with Crippen LogP contribution in [0.15, 0.2) is 30.6 Å². The summed E-state index contributed by atoms with van der Waals surface area (Å²) in [4.78, 5) is 21.2. The van der Waals surface area contributed by atoms with Gasteiger partial charge in [0.15, 0.2) is 0 Å². The largest absolute Gasteiger partial charge is 0.345 e. The molecule has 0 spiro atoms. The minimum Gasteiger partial charge on any atom is -0.345 e. The molecule has 0 aromatic carbocycles. The molecule has 3 rings (SSSR count). The lowest BCUT2D eigenvalue weighted by molar-refractivity contribution is -0.129. The third-order valence-corrected chi connectivity index (χ3v) is 5.58. The maximum Gasteiger partial charge on any atom is 0.228 e. The van der Waals surface area contributed by atoms with Crippen LogP contribution >= 0.6 is 0 Å². The summed E-state index contributed by atoms with van der Waals surface area (Å²) in [6.07, 6.45) is 12.3. The number of aromatic nitrogens is 2. The van der Waals surface area contributed by atoms with Crippen molar-refractivity contribution in [3.63, 3.8) is 0 Å². The molecule has 26 heavy (non-hydrogen) atoms. The van der Waals surface area contributed by atoms with Gasteiger partial charge in [-0.05, 0) is 57.5 Å². The summed E-state index contributed by atoms with van der Waals surface area (Å²) in [6.45, 7) is 3.03. The van der Waals surface area contributed by atoms with Crippen LogP contribution in [-0.4, -0.2) is 58.8 Å². The Hall–Kier alpha value is -1.88. The molecule has 0 aliphatic heterocycles. The zero-order valence-corrected chi connectivity index (χ0v) is 16.2. The smallest absolute Gasteiger partial charge is 0.228 e. The molecular weight excluding hydrogens is 324 g/mol. The van der Waals surface area contributed by atoms with Gasteiger partial charge < -0.3 is 14.2 Å². The van der Waals surface area contributed by atoms with Gasteiger partial charge in [0.25, 0.3) is 0 Å². The number of fused-ring (bicyclic) bond motifs is 1. The Kier molecular flexibility index (Phi) is 6.67. The fraction of sp³-hybridized carbons (Fsp3) is 0.619. The lowest BCUT2D eigenvalue weighted by Gasteiger charge is -2.26. The molecule has 2 aromatic rings. The predicted octanol–water partition coefficient (Wildman–Crippen LogP) is 3.24. The fourth-order valence-corrected chi connectivity index (χ4v) is 3.61. The van der Waals surface area contributed by atoms with Gasteiger partial charge in [0, 0.05) is 26.0 Å². The molecule has 1 saturated carbocycles. The average Bonchev–Trinajstić information content (AvgIpc) is 2.99. The molecule has 1 aliphatic carbocycles. The summed E-state index contributed by atoms with van der Waals surface area (Å²) < 4.78 is 1.96. The Morgan fingerprint density at radius 2 is 2.00 bits per heavy atom. The predicted molar refractivity (Wildman–Crippen MR) is 105 cm³/mol. The van der Waals surface area contributed by atoms with Crippen LogP contribution < -0.4 is 0 Å². The van der Waals surface area contributed by atoms with E-state index in [1.165, 1.54) is 38.6 Å². The van der Waals surface area contributed by atoms with Gasteiger partial charge in [0.2, 0.25) is 5.91 Å². The second kappa shape index (κ2) is 9.17. The summed E-state index contributed by atoms with van der Waals surface area (Å²) in [5.74, 6) is 1.15. The first kappa shape index (κ1) is 18.9. The molecule has 0 radical (unpaired) electrons. The molecule has 2 aromatic heterocycles. The van der Waals surface area contributed by atoms with Crippen molar-refractivity contribution in [3.8, 4) is 0 Å². The number of carbonyl (C=O) groups is 1. The summed E-state index contributed by atoms with van der Waals surface area (Å²) in [6, 6.07) is 5.89. The van der Waals surface area contributed by atoms with Crippen molar-refractivity contribution >= 4 is 11.6 Å². The Bertz CT molecular complexity index is 674. The van der Waals surface area contributed by atoms with Crippen molar-refractivity contribution in [2.24, 2.45) is 5.92 Å². The monoisotopic (exact) mass is 356 g/mol. The van der Waals surface area contributed by atoms with Crippen LogP contribution in [0.3, 0.4) is 0 Å². The van der Waals surface area contributed by atoms with E-state index in [9.17, 15) is 4.79 Å². The second-order valence-corrected chi connectivity index (χ2v) is 7.79. The van der Waals surface area contributed by atoms with Gasteiger partial charge in [-0.2, -0.15) is 0 Å². The van der Waals surface area contributed by atoms with Crippen LogP contribution in [0.25, 0.3) is 5.65 Å². The second-order valence-electron chi connectivity index (χ2n) is 7.79. The van der Waals surface area contributed by atoms with Crippen molar-refractivity contribution in [2.75, 3.05) is 33.7 Å². The molecule has 1 aliphatic rings. The van der Waals surface area contributed by atoms with Gasteiger partial charge in [-0.1, -0.05) is 25.3 Å². The maximum atomic E-state index is 12.4. The van der Waals surface area contributed by atoms with E-state index >= 15 is 0 Å². The molecular formula is C21H32N4O. The van der Waals surface area contributed by atoms with E-state index in [1.807, 2.05) is 46.9 Å². The van der Waals surface area contributed by atoms with Crippen molar-refractivity contribution in [2.45, 2.75) is 44.9 Å². The maximum absolute atomic E-state index is 12.4. The number of likely N-dealkylation sites (N-methyl/N-ethyl adjacent to an activating group) is 1. The Morgan fingerprint density at radius 3 is 2.73 bits per heavy atom. The van der Waals surface area contributed by atoms with Crippen LogP contribution in [0.4, 0.5) is 0 Å². The molecule has 1 amide bonds. The average molecular weight is 357 g/mol. The quantitative estimate of drug-likeness (QED) is 0.656. The number of imidazole rings is 1. The fourth-order valence-electron chi connectivity index (χ4n) is 3.61. The molecule has 2 heterocycles. The summed E-state index contributed by atoms with van der Waals surface area (Å²) in [5.41, 5.74) is 1.72. The Morgan fingerprint density at radius 1 is 1.19 bits per heavy atom. The number of nitrogens with zero attached hydrogens (tertiary/aromatic N) is 4. The molecule has 1 fully saturated rings. The third-order valence-electron chi connectivity index (χ3n) is 5.58. The van der Waals surface area contributed by atoms with E-state index in [-0.39, 0.29) is 5.91 Å². The number of amides is 1. The first-order valence-corrected chi connectivity index (χ1v) is 9.97. The van der Waals surface area contributed by atoms with Crippen molar-refractivity contribution in [3.05, 3.63) is 36.3 Å². The summed E-state index contributed by atoms with van der Waals surface area (Å²) in [5, 5.41) is 0. The van der Waals surface area contributed by atoms with Gasteiger partial charge >= 0.3 is 0 Å². The van der Waals surface area contributed by atoms with Gasteiger partial charge in [-0.15, -0.1) is 0 Å². The van der Waals surface area contributed by atoms with E-state index in [2.05, 4.69) is 16.9 Å². The zero-order chi connectivity index (χ0) is 18.4. The van der Waals surface area contributed by atoms with E-state index in [0.717, 1.165) is 36.8 Å². The Labute approximate surface area is 157 Å². The molecule has 0 bridgehead atoms. The van der Waals surface area contributed by atoms with Crippen LogP contribution in [-0.2, 0) is 11.2 Å². The highest BCUT2D eigenvalue weighted by Crippen LogP contribution is 2.30. The van der Waals surface area contributed by atoms with Gasteiger partial charge in [-0.3, -0.25) is 4.79 Å². The van der Waals surface area contributed by atoms with Crippen molar-refractivity contribution in [1.29, 1.82) is 0 Å². The number of hydrogen-bond acceptors (Lipinski definition) is 3. The molecule has 0 N–H and O–H groups in total. The SMILES string of the molecule is CN(CCCC1CCC1)CCCN(C)C(=O)Cc1cn2ccccc2n1. The number of hydrogen-bond donors (Lipinski definition) is 0. The first-order chi connectivity index (χ1) is 12.6. The summed E-state index contributed by atoms with van der Waals surface area (Å²) in [7, 11) is 4.09. The molecule has 5 heteroatoms. The standard InChI is InChI=1S/C21H32N4O/c1-23(12-6-10-18-8-5-9-18)13-7-14-24(2)21(26)16-19-17-25-15-4-3-11-20(25)22-19/h3-4,11,15,17-18H,5-10,12-14,16H2,1-2H3. The first-order valence-electron chi connectivity index (χ1n) is 9.97. The van der Waals surface area contributed by atoms with Crippen molar-refractivity contribution in [1.82, 2.24) is 19.2 Å². The Balaban J connectivity index is 1.33. The number of pyridine rings is 1. The van der Waals surface area contributed by atoms with Crippen LogP contribution in [0, 0.1) is 5.92 Å². The molecule has 5 nitrogen and oxygen atoms in total. The van der Waals surface area contributed by atoms with Crippen LogP contribution in [0.2, 0.25) is 0 Å². The number of rotatable bonds is 10. The molecule has 0 saturated heterocycles. The molecule has 0 atom stereocenters. The summed E-state index contributed by atoms with van der Waals surface area (Å²) >= 11 is 0. The lowest BCUT2D eigenvalue weighted by atomic mass is 9.82. The van der Waals surface area contributed by atoms with Gasteiger partial charge in [0.1, 0.15) is 5.65 Å². The number of carbonyl (C=O) groups excluding carboxylic acids is 1. The van der Waals surface area contributed by atoms with E-state index < -0.39 is 0 Å². The van der Waals surface area contributed by atoms with E-state index in [4.69, 9.17) is 0 Å². The lowest BCUT2D eigenvalue weighted by Crippen LogP contribution is -2.32. The zero-order valence-electron chi connectivity index (χ0n) is 16.2. The molecule has 0 unspecified atom stereocenters. The van der Waals surface area contributed by atoms with Gasteiger partial charge in [0.05, 0.1) is 12.1 Å². The van der Waals surface area contributed by atoms with Gasteiger partial charge in [-0.25, -0.2) is 4.98 Å².